The predicted octanol–water partition coefficient (Wildman–Crippen LogP) is 2.86. The van der Waals surface area contributed by atoms with Crippen LogP contribution in [0.5, 0.6) is 0 Å². The van der Waals surface area contributed by atoms with Gasteiger partial charge in [0.1, 0.15) is 0 Å². The molecule has 1 amide bonds. The zero-order valence-corrected chi connectivity index (χ0v) is 13.0. The van der Waals surface area contributed by atoms with Gasteiger partial charge < -0.3 is 10.0 Å². The zero-order valence-electron chi connectivity index (χ0n) is 13.0. The van der Waals surface area contributed by atoms with Crippen molar-refractivity contribution < 1.29 is 9.90 Å². The molecule has 4 rings (SSSR count). The molecule has 0 radical (unpaired) electrons. The second-order valence-corrected chi connectivity index (χ2v) is 5.82. The first kappa shape index (κ1) is 14.6. The van der Waals surface area contributed by atoms with E-state index in [9.17, 15) is 9.90 Å². The van der Waals surface area contributed by atoms with Crippen LogP contribution in [-0.2, 0) is 16.9 Å². The molecule has 1 N–H and O–H groups in total. The molecule has 4 nitrogen and oxygen atoms in total. The van der Waals surface area contributed by atoms with Crippen LogP contribution >= 0.6 is 0 Å². The van der Waals surface area contributed by atoms with Gasteiger partial charge in [0, 0.05) is 11.8 Å². The molecule has 3 aromatic rings. The fourth-order valence-electron chi connectivity index (χ4n) is 3.18. The van der Waals surface area contributed by atoms with Crippen molar-refractivity contribution in [3.8, 4) is 0 Å². The Morgan fingerprint density at radius 3 is 2.38 bits per heavy atom. The van der Waals surface area contributed by atoms with Crippen LogP contribution in [0.3, 0.4) is 0 Å². The first-order chi connectivity index (χ1) is 11.7. The molecule has 1 aromatic heterocycles. The molecular weight excluding hydrogens is 300 g/mol. The molecule has 2 aromatic carbocycles. The standard InChI is InChI=1S/C20H16N2O2/c23-19-20(24,18-12-6-7-13-21-18)16-10-4-5-11-17(16)22(19)14-15-8-2-1-3-9-15/h1-13,24H,14H2/t20-/m1/s1. The Morgan fingerprint density at radius 1 is 0.917 bits per heavy atom. The van der Waals surface area contributed by atoms with Gasteiger partial charge in [-0.1, -0.05) is 54.6 Å². The molecule has 0 fully saturated rings. The fourth-order valence-corrected chi connectivity index (χ4v) is 3.18. The average molecular weight is 316 g/mol. The van der Waals surface area contributed by atoms with E-state index in [4.69, 9.17) is 0 Å². The normalized spacial score (nSPS) is 19.4. The number of benzene rings is 2. The predicted molar refractivity (Wildman–Crippen MR) is 91.3 cm³/mol. The highest BCUT2D eigenvalue weighted by molar-refractivity contribution is 6.08. The smallest absolute Gasteiger partial charge is 0.270 e. The topological polar surface area (TPSA) is 53.4 Å². The SMILES string of the molecule is O=C1N(Cc2ccccc2)c2ccccc2[C@@]1(O)c1ccccn1. The molecule has 2 heterocycles. The summed E-state index contributed by atoms with van der Waals surface area (Å²) in [5.74, 6) is -0.369. The molecule has 4 heteroatoms. The highest BCUT2D eigenvalue weighted by atomic mass is 16.3. The first-order valence-corrected chi connectivity index (χ1v) is 7.80. The summed E-state index contributed by atoms with van der Waals surface area (Å²) in [6.07, 6.45) is 1.59. The summed E-state index contributed by atoms with van der Waals surface area (Å²) in [6, 6.07) is 22.3. The maximum atomic E-state index is 13.1. The number of fused-ring (bicyclic) bond motifs is 1. The Bertz CT molecular complexity index is 880. The lowest BCUT2D eigenvalue weighted by Crippen LogP contribution is -2.41. The largest absolute Gasteiger partial charge is 0.370 e. The van der Waals surface area contributed by atoms with Crippen LogP contribution < -0.4 is 4.90 Å². The third-order valence-electron chi connectivity index (χ3n) is 4.36. The van der Waals surface area contributed by atoms with Crippen LogP contribution in [0.4, 0.5) is 5.69 Å². The van der Waals surface area contributed by atoms with E-state index in [1.807, 2.05) is 48.5 Å². The maximum absolute atomic E-state index is 13.1. The van der Waals surface area contributed by atoms with Gasteiger partial charge in [0.15, 0.2) is 0 Å². The highest BCUT2D eigenvalue weighted by Gasteiger charge is 2.51. The Labute approximate surface area is 140 Å². The van der Waals surface area contributed by atoms with E-state index in [0.29, 0.717) is 17.8 Å². The molecule has 24 heavy (non-hydrogen) atoms. The molecule has 0 aliphatic carbocycles. The fraction of sp³-hybridized carbons (Fsp3) is 0.100. The average Bonchev–Trinajstić information content (AvgIpc) is 2.87. The molecule has 1 aliphatic heterocycles. The number of aliphatic hydroxyl groups is 1. The minimum Gasteiger partial charge on any atom is -0.370 e. The monoisotopic (exact) mass is 316 g/mol. The van der Waals surface area contributed by atoms with Crippen molar-refractivity contribution in [2.75, 3.05) is 4.90 Å². The van der Waals surface area contributed by atoms with E-state index < -0.39 is 5.60 Å². The molecular formula is C20H16N2O2. The number of rotatable bonds is 3. The summed E-state index contributed by atoms with van der Waals surface area (Å²) in [5.41, 5.74) is 0.903. The number of pyridine rings is 1. The van der Waals surface area contributed by atoms with Gasteiger partial charge in [0.05, 0.1) is 17.9 Å². The van der Waals surface area contributed by atoms with Crippen LogP contribution in [0.25, 0.3) is 0 Å². The number of hydrogen-bond acceptors (Lipinski definition) is 3. The van der Waals surface area contributed by atoms with Gasteiger partial charge in [-0.2, -0.15) is 0 Å². The van der Waals surface area contributed by atoms with Crippen LogP contribution in [0.15, 0.2) is 79.0 Å². The number of carbonyl (C=O) groups is 1. The maximum Gasteiger partial charge on any atom is 0.270 e. The molecule has 0 unspecified atom stereocenters. The Kier molecular flexibility index (Phi) is 3.40. The number of nitrogens with zero attached hydrogens (tertiary/aromatic N) is 2. The third-order valence-corrected chi connectivity index (χ3v) is 4.36. The van der Waals surface area contributed by atoms with E-state index >= 15 is 0 Å². The molecule has 118 valence electrons. The van der Waals surface area contributed by atoms with E-state index in [1.165, 1.54) is 0 Å². The molecule has 0 saturated carbocycles. The number of carbonyl (C=O) groups excluding carboxylic acids is 1. The van der Waals surface area contributed by atoms with Crippen molar-refractivity contribution in [3.05, 3.63) is 95.8 Å². The molecule has 1 atom stereocenters. The van der Waals surface area contributed by atoms with Crippen LogP contribution in [0, 0.1) is 0 Å². The van der Waals surface area contributed by atoms with Crippen LogP contribution in [0.2, 0.25) is 0 Å². The van der Waals surface area contributed by atoms with Crippen molar-refractivity contribution >= 4 is 11.6 Å². The number of hydrogen-bond donors (Lipinski definition) is 1. The van der Waals surface area contributed by atoms with Gasteiger partial charge >= 0.3 is 0 Å². The minimum atomic E-state index is -1.74. The minimum absolute atomic E-state index is 0.345. The van der Waals surface area contributed by atoms with E-state index in [2.05, 4.69) is 4.98 Å². The number of aromatic nitrogens is 1. The van der Waals surface area contributed by atoms with Crippen molar-refractivity contribution in [3.63, 3.8) is 0 Å². The lowest BCUT2D eigenvalue weighted by molar-refractivity contribution is -0.132. The van der Waals surface area contributed by atoms with Gasteiger partial charge in [-0.25, -0.2) is 0 Å². The number of amides is 1. The van der Waals surface area contributed by atoms with Gasteiger partial charge in [0.2, 0.25) is 5.60 Å². The highest BCUT2D eigenvalue weighted by Crippen LogP contribution is 2.44. The summed E-state index contributed by atoms with van der Waals surface area (Å²) in [6.45, 7) is 0.409. The molecule has 1 aliphatic rings. The Balaban J connectivity index is 1.83. The second kappa shape index (κ2) is 5.58. The number of para-hydroxylation sites is 1. The van der Waals surface area contributed by atoms with Crippen LogP contribution in [0.1, 0.15) is 16.8 Å². The Morgan fingerprint density at radius 2 is 1.62 bits per heavy atom. The van der Waals surface area contributed by atoms with Gasteiger partial charge in [-0.05, 0) is 23.8 Å². The van der Waals surface area contributed by atoms with Gasteiger partial charge in [-0.3, -0.25) is 9.78 Å². The Hall–Kier alpha value is -2.98. The van der Waals surface area contributed by atoms with Gasteiger partial charge in [-0.15, -0.1) is 0 Å². The van der Waals surface area contributed by atoms with Gasteiger partial charge in [0.25, 0.3) is 5.91 Å². The summed E-state index contributed by atoms with van der Waals surface area (Å²) < 4.78 is 0. The van der Waals surface area contributed by atoms with Crippen molar-refractivity contribution in [1.29, 1.82) is 0 Å². The first-order valence-electron chi connectivity index (χ1n) is 7.80. The summed E-state index contributed by atoms with van der Waals surface area (Å²) in [4.78, 5) is 19.0. The zero-order chi connectivity index (χ0) is 16.6. The van der Waals surface area contributed by atoms with Crippen LogP contribution in [-0.4, -0.2) is 16.0 Å². The molecule has 0 saturated heterocycles. The quantitative estimate of drug-likeness (QED) is 0.808. The summed E-state index contributed by atoms with van der Waals surface area (Å²) in [7, 11) is 0. The molecule has 0 spiro atoms. The van der Waals surface area contributed by atoms with Crippen molar-refractivity contribution in [1.82, 2.24) is 4.98 Å². The summed E-state index contributed by atoms with van der Waals surface area (Å²) in [5, 5.41) is 11.3. The number of anilines is 1. The lowest BCUT2D eigenvalue weighted by Gasteiger charge is -2.22. The molecule has 0 bridgehead atoms. The summed E-state index contributed by atoms with van der Waals surface area (Å²) >= 11 is 0. The lowest BCUT2D eigenvalue weighted by atomic mass is 9.91. The van der Waals surface area contributed by atoms with E-state index in [1.54, 1.807) is 35.4 Å². The van der Waals surface area contributed by atoms with Crippen molar-refractivity contribution in [2.24, 2.45) is 0 Å². The third kappa shape index (κ3) is 2.12. The second-order valence-electron chi connectivity index (χ2n) is 5.82. The van der Waals surface area contributed by atoms with Crippen molar-refractivity contribution in [2.45, 2.75) is 12.1 Å². The van der Waals surface area contributed by atoms with E-state index in [0.717, 1.165) is 11.3 Å². The van der Waals surface area contributed by atoms with E-state index in [-0.39, 0.29) is 5.91 Å².